The molecule has 0 unspecified atom stereocenters. The minimum Gasteiger partial charge on any atom is -0.393 e. The SMILES string of the molecule is O=C(Oc1nnc(C2CNC2)o1)C(F)(F)F. The summed E-state index contributed by atoms with van der Waals surface area (Å²) >= 11 is 0. The highest BCUT2D eigenvalue weighted by molar-refractivity contribution is 5.77. The standard InChI is InChI=1S/C7H6F3N3O3/c8-7(9,10)5(14)16-6-13-12-4(15-6)3-1-11-2-3/h3,11H,1-2H2. The van der Waals surface area contributed by atoms with Crippen molar-refractivity contribution in [3.8, 4) is 6.08 Å². The first-order valence-electron chi connectivity index (χ1n) is 4.30. The van der Waals surface area contributed by atoms with Gasteiger partial charge in [-0.05, 0) is 0 Å². The molecule has 1 aliphatic rings. The minimum absolute atomic E-state index is 0.0363. The fraction of sp³-hybridized carbons (Fsp3) is 0.571. The van der Waals surface area contributed by atoms with E-state index in [2.05, 4.69) is 20.3 Å². The normalized spacial score (nSPS) is 16.9. The monoisotopic (exact) mass is 237 g/mol. The maximum absolute atomic E-state index is 11.8. The molecule has 1 aliphatic heterocycles. The van der Waals surface area contributed by atoms with Gasteiger partial charge in [-0.3, -0.25) is 0 Å². The number of carbonyl (C=O) groups is 1. The van der Waals surface area contributed by atoms with Crippen LogP contribution in [0.4, 0.5) is 13.2 Å². The number of hydrogen-bond acceptors (Lipinski definition) is 6. The van der Waals surface area contributed by atoms with E-state index in [0.717, 1.165) is 0 Å². The van der Waals surface area contributed by atoms with Gasteiger partial charge in [0, 0.05) is 13.1 Å². The predicted molar refractivity (Wildman–Crippen MR) is 41.6 cm³/mol. The van der Waals surface area contributed by atoms with Crippen molar-refractivity contribution in [1.29, 1.82) is 0 Å². The van der Waals surface area contributed by atoms with Crippen molar-refractivity contribution in [3.63, 3.8) is 0 Å². The van der Waals surface area contributed by atoms with E-state index < -0.39 is 18.2 Å². The van der Waals surface area contributed by atoms with E-state index in [0.29, 0.717) is 13.1 Å². The van der Waals surface area contributed by atoms with E-state index in [1.807, 2.05) is 0 Å². The molecule has 1 N–H and O–H groups in total. The lowest BCUT2D eigenvalue weighted by molar-refractivity contribution is -0.191. The molecule has 0 atom stereocenters. The van der Waals surface area contributed by atoms with E-state index in [1.165, 1.54) is 0 Å². The molecule has 1 fully saturated rings. The topological polar surface area (TPSA) is 77.2 Å². The summed E-state index contributed by atoms with van der Waals surface area (Å²) in [7, 11) is 0. The van der Waals surface area contributed by atoms with Crippen LogP contribution in [0.1, 0.15) is 11.8 Å². The van der Waals surface area contributed by atoms with Gasteiger partial charge in [-0.2, -0.15) is 13.2 Å². The van der Waals surface area contributed by atoms with Crippen LogP contribution in [0, 0.1) is 0 Å². The van der Waals surface area contributed by atoms with Crippen LogP contribution < -0.4 is 10.1 Å². The number of aromatic nitrogens is 2. The van der Waals surface area contributed by atoms with Crippen LogP contribution in [0.5, 0.6) is 6.08 Å². The second kappa shape index (κ2) is 3.74. The van der Waals surface area contributed by atoms with Gasteiger partial charge in [0.05, 0.1) is 5.92 Å². The molecule has 0 aliphatic carbocycles. The molecule has 0 bridgehead atoms. The van der Waals surface area contributed by atoms with E-state index in [1.54, 1.807) is 0 Å². The van der Waals surface area contributed by atoms with Crippen LogP contribution in [0.3, 0.4) is 0 Å². The zero-order chi connectivity index (χ0) is 11.8. The van der Waals surface area contributed by atoms with E-state index >= 15 is 0 Å². The quantitative estimate of drug-likeness (QED) is 0.741. The summed E-state index contributed by atoms with van der Waals surface area (Å²) < 4.78 is 44.0. The number of halogens is 3. The molecule has 0 aromatic carbocycles. The third-order valence-corrected chi connectivity index (χ3v) is 1.96. The first-order valence-corrected chi connectivity index (χ1v) is 4.30. The molecule has 0 spiro atoms. The van der Waals surface area contributed by atoms with Gasteiger partial charge in [0.25, 0.3) is 0 Å². The van der Waals surface area contributed by atoms with Crippen molar-refractivity contribution in [1.82, 2.24) is 15.5 Å². The highest BCUT2D eigenvalue weighted by Gasteiger charge is 2.42. The molecular formula is C7H6F3N3O3. The molecule has 9 heteroatoms. The zero-order valence-corrected chi connectivity index (χ0v) is 7.74. The summed E-state index contributed by atoms with van der Waals surface area (Å²) in [5, 5.41) is 9.58. The molecule has 2 heterocycles. The van der Waals surface area contributed by atoms with Crippen LogP contribution in [0.2, 0.25) is 0 Å². The Kier molecular flexibility index (Phi) is 2.54. The number of esters is 1. The number of rotatable bonds is 2. The molecule has 6 nitrogen and oxygen atoms in total. The summed E-state index contributed by atoms with van der Waals surface area (Å²) in [4.78, 5) is 10.4. The Hall–Kier alpha value is -1.64. The van der Waals surface area contributed by atoms with Gasteiger partial charge >= 0.3 is 18.2 Å². The van der Waals surface area contributed by atoms with Crippen LogP contribution in [-0.2, 0) is 4.79 Å². The number of carbonyl (C=O) groups excluding carboxylic acids is 1. The first-order chi connectivity index (χ1) is 7.47. The highest BCUT2D eigenvalue weighted by atomic mass is 19.4. The third kappa shape index (κ3) is 2.13. The molecule has 0 amide bonds. The minimum atomic E-state index is -5.08. The molecule has 0 saturated carbocycles. The first kappa shape index (κ1) is 10.9. The van der Waals surface area contributed by atoms with Crippen molar-refractivity contribution in [2.24, 2.45) is 0 Å². The zero-order valence-electron chi connectivity index (χ0n) is 7.74. The lowest BCUT2D eigenvalue weighted by Crippen LogP contribution is -2.40. The Morgan fingerprint density at radius 2 is 2.12 bits per heavy atom. The maximum atomic E-state index is 11.8. The van der Waals surface area contributed by atoms with Crippen LogP contribution >= 0.6 is 0 Å². The molecule has 16 heavy (non-hydrogen) atoms. The van der Waals surface area contributed by atoms with Gasteiger partial charge in [-0.25, -0.2) is 4.79 Å². The fourth-order valence-corrected chi connectivity index (χ4v) is 1.03. The Morgan fingerprint density at radius 3 is 2.62 bits per heavy atom. The van der Waals surface area contributed by atoms with E-state index in [4.69, 9.17) is 4.42 Å². The fourth-order valence-electron chi connectivity index (χ4n) is 1.03. The second-order valence-electron chi connectivity index (χ2n) is 3.15. The lowest BCUT2D eigenvalue weighted by Gasteiger charge is -2.22. The summed E-state index contributed by atoms with van der Waals surface area (Å²) in [5.74, 6) is -2.26. The van der Waals surface area contributed by atoms with Crippen molar-refractivity contribution in [2.75, 3.05) is 13.1 Å². The summed E-state index contributed by atoms with van der Waals surface area (Å²) in [6.07, 6.45) is -5.86. The number of alkyl halides is 3. The molecular weight excluding hydrogens is 231 g/mol. The largest absolute Gasteiger partial charge is 0.491 e. The Balaban J connectivity index is 2.00. The smallest absolute Gasteiger partial charge is 0.393 e. The van der Waals surface area contributed by atoms with Crippen molar-refractivity contribution in [3.05, 3.63) is 5.89 Å². The average Bonchev–Trinajstić information content (AvgIpc) is 2.48. The third-order valence-electron chi connectivity index (χ3n) is 1.96. The van der Waals surface area contributed by atoms with Gasteiger partial charge in [-0.1, -0.05) is 5.10 Å². The van der Waals surface area contributed by atoms with Gasteiger partial charge < -0.3 is 14.5 Å². The van der Waals surface area contributed by atoms with Crippen LogP contribution in [-0.4, -0.2) is 35.4 Å². The van der Waals surface area contributed by atoms with Crippen LogP contribution in [0.25, 0.3) is 0 Å². The Morgan fingerprint density at radius 1 is 1.44 bits per heavy atom. The number of ether oxygens (including phenoxy) is 1. The predicted octanol–water partition coefficient (Wildman–Crippen LogP) is 0.224. The summed E-state index contributed by atoms with van der Waals surface area (Å²) in [5.41, 5.74) is 0. The highest BCUT2D eigenvalue weighted by Crippen LogP contribution is 2.23. The molecule has 1 aromatic heterocycles. The molecule has 0 radical (unpaired) electrons. The maximum Gasteiger partial charge on any atom is 0.491 e. The molecule has 1 saturated heterocycles. The Bertz CT molecular complexity index is 399. The van der Waals surface area contributed by atoms with E-state index in [9.17, 15) is 18.0 Å². The lowest BCUT2D eigenvalue weighted by atomic mass is 10.0. The van der Waals surface area contributed by atoms with Gasteiger partial charge in [0.2, 0.25) is 5.89 Å². The van der Waals surface area contributed by atoms with Crippen molar-refractivity contribution < 1.29 is 27.1 Å². The average molecular weight is 237 g/mol. The second-order valence-corrected chi connectivity index (χ2v) is 3.15. The number of hydrogen-bond donors (Lipinski definition) is 1. The molecule has 1 aromatic rings. The van der Waals surface area contributed by atoms with Gasteiger partial charge in [0.1, 0.15) is 0 Å². The number of nitrogens with one attached hydrogen (secondary N) is 1. The van der Waals surface area contributed by atoms with Gasteiger partial charge in [-0.15, -0.1) is 5.10 Å². The molecule has 2 rings (SSSR count). The van der Waals surface area contributed by atoms with Crippen LogP contribution in [0.15, 0.2) is 4.42 Å². The summed E-state index contributed by atoms with van der Waals surface area (Å²) in [6.45, 7) is 1.21. The number of nitrogens with zero attached hydrogens (tertiary/aromatic N) is 2. The van der Waals surface area contributed by atoms with E-state index in [-0.39, 0.29) is 11.8 Å². The van der Waals surface area contributed by atoms with Crippen molar-refractivity contribution in [2.45, 2.75) is 12.1 Å². The van der Waals surface area contributed by atoms with Crippen molar-refractivity contribution >= 4 is 5.97 Å². The molecule has 88 valence electrons. The Labute approximate surface area is 86.8 Å². The van der Waals surface area contributed by atoms with Gasteiger partial charge in [0.15, 0.2) is 0 Å². The summed E-state index contributed by atoms with van der Waals surface area (Å²) in [6, 6.07) is 0.